The highest BCUT2D eigenvalue weighted by Crippen LogP contribution is 2.18. The van der Waals surface area contributed by atoms with Crippen LogP contribution in [0.5, 0.6) is 0 Å². The van der Waals surface area contributed by atoms with Crippen LogP contribution in [0.3, 0.4) is 0 Å². The SMILES string of the molecule is C[C@H](CO)N(C)C(=O)Nc1nc(Cc2ccccc2)cs1. The Morgan fingerprint density at radius 1 is 1.43 bits per heavy atom. The van der Waals surface area contributed by atoms with Gasteiger partial charge in [-0.05, 0) is 12.5 Å². The number of nitrogens with one attached hydrogen (secondary N) is 1. The summed E-state index contributed by atoms with van der Waals surface area (Å²) in [5.74, 6) is 0. The van der Waals surface area contributed by atoms with E-state index in [0.717, 1.165) is 12.1 Å². The maximum atomic E-state index is 12.0. The van der Waals surface area contributed by atoms with Crippen molar-refractivity contribution in [2.24, 2.45) is 0 Å². The van der Waals surface area contributed by atoms with E-state index < -0.39 is 0 Å². The number of aromatic nitrogens is 1. The van der Waals surface area contributed by atoms with Gasteiger partial charge in [0.15, 0.2) is 5.13 Å². The van der Waals surface area contributed by atoms with Crippen molar-refractivity contribution >= 4 is 22.5 Å². The van der Waals surface area contributed by atoms with Gasteiger partial charge >= 0.3 is 6.03 Å². The molecule has 1 aromatic carbocycles. The lowest BCUT2D eigenvalue weighted by molar-refractivity contribution is 0.166. The highest BCUT2D eigenvalue weighted by Gasteiger charge is 2.16. The molecule has 0 aliphatic heterocycles. The number of rotatable bonds is 5. The van der Waals surface area contributed by atoms with E-state index in [9.17, 15) is 4.79 Å². The van der Waals surface area contributed by atoms with Crippen molar-refractivity contribution in [2.75, 3.05) is 19.0 Å². The molecular weight excluding hydrogens is 286 g/mol. The summed E-state index contributed by atoms with van der Waals surface area (Å²) >= 11 is 1.40. The fourth-order valence-electron chi connectivity index (χ4n) is 1.75. The zero-order chi connectivity index (χ0) is 15.2. The van der Waals surface area contributed by atoms with Crippen molar-refractivity contribution < 1.29 is 9.90 Å². The van der Waals surface area contributed by atoms with Crippen molar-refractivity contribution in [1.29, 1.82) is 0 Å². The number of thiazole rings is 1. The van der Waals surface area contributed by atoms with Gasteiger partial charge in [0.1, 0.15) is 0 Å². The molecule has 0 aliphatic rings. The second-order valence-corrected chi connectivity index (χ2v) is 5.74. The van der Waals surface area contributed by atoms with E-state index in [-0.39, 0.29) is 18.7 Å². The second kappa shape index (κ2) is 7.19. The Labute approximate surface area is 128 Å². The lowest BCUT2D eigenvalue weighted by Crippen LogP contribution is -2.40. The lowest BCUT2D eigenvalue weighted by atomic mass is 10.1. The van der Waals surface area contributed by atoms with Crippen LogP contribution in [0.15, 0.2) is 35.7 Å². The van der Waals surface area contributed by atoms with Crippen LogP contribution in [0.1, 0.15) is 18.2 Å². The number of likely N-dealkylation sites (N-methyl/N-ethyl adjacent to an activating group) is 1. The number of benzene rings is 1. The smallest absolute Gasteiger partial charge is 0.323 e. The number of hydrogen-bond acceptors (Lipinski definition) is 4. The van der Waals surface area contributed by atoms with E-state index in [0.29, 0.717) is 5.13 Å². The Kier molecular flexibility index (Phi) is 5.30. The second-order valence-electron chi connectivity index (χ2n) is 4.88. The molecule has 21 heavy (non-hydrogen) atoms. The molecule has 5 nitrogen and oxygen atoms in total. The molecule has 6 heteroatoms. The maximum Gasteiger partial charge on any atom is 0.323 e. The zero-order valence-electron chi connectivity index (χ0n) is 12.1. The Morgan fingerprint density at radius 3 is 2.81 bits per heavy atom. The first-order valence-corrected chi connectivity index (χ1v) is 7.61. The number of hydrogen-bond donors (Lipinski definition) is 2. The summed E-state index contributed by atoms with van der Waals surface area (Å²) in [6.07, 6.45) is 0.746. The molecule has 2 amide bonds. The van der Waals surface area contributed by atoms with Crippen LogP contribution in [0, 0.1) is 0 Å². The molecule has 0 saturated carbocycles. The van der Waals surface area contributed by atoms with Gasteiger partial charge < -0.3 is 10.0 Å². The summed E-state index contributed by atoms with van der Waals surface area (Å²) in [7, 11) is 1.65. The van der Waals surface area contributed by atoms with Gasteiger partial charge in [-0.3, -0.25) is 5.32 Å². The van der Waals surface area contributed by atoms with Gasteiger partial charge in [-0.1, -0.05) is 30.3 Å². The first kappa shape index (κ1) is 15.5. The minimum absolute atomic E-state index is 0.0684. The van der Waals surface area contributed by atoms with E-state index in [2.05, 4.69) is 10.3 Å². The van der Waals surface area contributed by atoms with Crippen LogP contribution in [0.2, 0.25) is 0 Å². The van der Waals surface area contributed by atoms with Crippen molar-refractivity contribution in [3.63, 3.8) is 0 Å². The van der Waals surface area contributed by atoms with Gasteiger partial charge in [0, 0.05) is 18.8 Å². The summed E-state index contributed by atoms with van der Waals surface area (Å²) in [6.45, 7) is 1.71. The topological polar surface area (TPSA) is 65.5 Å². The fraction of sp³-hybridized carbons (Fsp3) is 0.333. The predicted octanol–water partition coefficient (Wildman–Crippen LogP) is 2.58. The lowest BCUT2D eigenvalue weighted by Gasteiger charge is -2.22. The first-order valence-electron chi connectivity index (χ1n) is 6.73. The first-order chi connectivity index (χ1) is 10.1. The molecule has 2 aromatic rings. The van der Waals surface area contributed by atoms with Crippen LogP contribution in [0.25, 0.3) is 0 Å². The van der Waals surface area contributed by atoms with Gasteiger partial charge in [0.2, 0.25) is 0 Å². The number of urea groups is 1. The van der Waals surface area contributed by atoms with Gasteiger partial charge in [-0.15, -0.1) is 11.3 Å². The fourth-order valence-corrected chi connectivity index (χ4v) is 2.45. The molecule has 112 valence electrons. The Balaban J connectivity index is 1.96. The molecule has 0 aliphatic carbocycles. The molecule has 0 unspecified atom stereocenters. The third-order valence-corrected chi connectivity index (χ3v) is 4.05. The highest BCUT2D eigenvalue weighted by molar-refractivity contribution is 7.13. The molecule has 2 rings (SSSR count). The standard InChI is InChI=1S/C15H19N3O2S/c1-11(9-19)18(2)15(20)17-14-16-13(10-21-14)8-12-6-4-3-5-7-12/h3-7,10-11,19H,8-9H2,1-2H3,(H,16,17,20)/t11-/m1/s1. The van der Waals surface area contributed by atoms with E-state index in [4.69, 9.17) is 5.11 Å². The average Bonchev–Trinajstić information content (AvgIpc) is 2.93. The summed E-state index contributed by atoms with van der Waals surface area (Å²) in [6, 6.07) is 9.58. The predicted molar refractivity (Wildman–Crippen MR) is 84.7 cm³/mol. The number of carbonyl (C=O) groups excluding carboxylic acids is 1. The van der Waals surface area contributed by atoms with Crippen LogP contribution in [-0.2, 0) is 6.42 Å². The van der Waals surface area contributed by atoms with Crippen molar-refractivity contribution in [3.8, 4) is 0 Å². The zero-order valence-corrected chi connectivity index (χ0v) is 12.9. The minimum Gasteiger partial charge on any atom is -0.394 e. The van der Waals surface area contributed by atoms with Gasteiger partial charge in [0.05, 0.1) is 18.3 Å². The van der Waals surface area contributed by atoms with Crippen LogP contribution in [-0.4, -0.2) is 40.7 Å². The molecule has 2 N–H and O–H groups in total. The number of amides is 2. The normalized spacial score (nSPS) is 12.0. The van der Waals surface area contributed by atoms with E-state index >= 15 is 0 Å². The van der Waals surface area contributed by atoms with Crippen LogP contribution < -0.4 is 5.32 Å². The number of aliphatic hydroxyl groups is 1. The number of anilines is 1. The number of aliphatic hydroxyl groups excluding tert-OH is 1. The van der Waals surface area contributed by atoms with Gasteiger partial charge in [-0.25, -0.2) is 9.78 Å². The van der Waals surface area contributed by atoms with Crippen LogP contribution >= 0.6 is 11.3 Å². The third-order valence-electron chi connectivity index (χ3n) is 3.24. The van der Waals surface area contributed by atoms with Crippen molar-refractivity contribution in [3.05, 3.63) is 47.0 Å². The summed E-state index contributed by atoms with van der Waals surface area (Å²) in [5.41, 5.74) is 2.12. The average molecular weight is 305 g/mol. The quantitative estimate of drug-likeness (QED) is 0.892. The molecule has 0 spiro atoms. The molecule has 0 fully saturated rings. The molecule has 1 aromatic heterocycles. The third kappa shape index (κ3) is 4.27. The van der Waals surface area contributed by atoms with E-state index in [1.54, 1.807) is 14.0 Å². The number of nitrogens with zero attached hydrogens (tertiary/aromatic N) is 2. The van der Waals surface area contributed by atoms with Gasteiger partial charge in [0.25, 0.3) is 0 Å². The molecule has 0 bridgehead atoms. The number of carbonyl (C=O) groups is 1. The largest absolute Gasteiger partial charge is 0.394 e. The Hall–Kier alpha value is -1.92. The maximum absolute atomic E-state index is 12.0. The Bertz CT molecular complexity index is 586. The Morgan fingerprint density at radius 2 is 2.14 bits per heavy atom. The minimum atomic E-state index is -0.267. The van der Waals surface area contributed by atoms with Crippen molar-refractivity contribution in [2.45, 2.75) is 19.4 Å². The van der Waals surface area contributed by atoms with Crippen molar-refractivity contribution in [1.82, 2.24) is 9.88 Å². The van der Waals surface area contributed by atoms with Gasteiger partial charge in [-0.2, -0.15) is 0 Å². The monoisotopic (exact) mass is 305 g/mol. The van der Waals surface area contributed by atoms with Crippen LogP contribution in [0.4, 0.5) is 9.93 Å². The molecule has 0 radical (unpaired) electrons. The molecular formula is C15H19N3O2S. The molecule has 1 atom stereocenters. The van der Waals surface area contributed by atoms with E-state index in [1.165, 1.54) is 21.8 Å². The molecule has 1 heterocycles. The highest BCUT2D eigenvalue weighted by atomic mass is 32.1. The summed E-state index contributed by atoms with van der Waals surface area (Å²) < 4.78 is 0. The molecule has 0 saturated heterocycles. The summed E-state index contributed by atoms with van der Waals surface area (Å²) in [5, 5.41) is 14.3. The van der Waals surface area contributed by atoms with E-state index in [1.807, 2.05) is 35.7 Å². The summed E-state index contributed by atoms with van der Waals surface area (Å²) in [4.78, 5) is 17.8.